The molecule has 0 aliphatic rings. The van der Waals surface area contributed by atoms with Gasteiger partial charge in [-0.05, 0) is 54.4 Å². The van der Waals surface area contributed by atoms with Crippen LogP contribution in [0.4, 0.5) is 4.39 Å². The number of methoxy groups -OCH3 is 1. The molecule has 0 radical (unpaired) electrons. The summed E-state index contributed by atoms with van der Waals surface area (Å²) in [7, 11) is 1.22. The van der Waals surface area contributed by atoms with Gasteiger partial charge >= 0.3 is 5.97 Å². The fraction of sp³-hybridized carbons (Fsp3) is 0.179. The number of halogens is 1. The van der Waals surface area contributed by atoms with Crippen molar-refractivity contribution >= 4 is 22.8 Å². The number of hydrogen-bond acceptors (Lipinski definition) is 7. The Morgan fingerprint density at radius 1 is 1.05 bits per heavy atom. The molecule has 4 aromatic rings. The van der Waals surface area contributed by atoms with E-state index in [1.54, 1.807) is 19.1 Å². The molecule has 1 amide bonds. The van der Waals surface area contributed by atoms with E-state index in [1.165, 1.54) is 61.7 Å². The minimum absolute atomic E-state index is 0.0869. The van der Waals surface area contributed by atoms with Crippen molar-refractivity contribution < 1.29 is 33.0 Å². The number of fused-ring (bicyclic) bond motifs is 1. The van der Waals surface area contributed by atoms with Gasteiger partial charge in [0.1, 0.15) is 34.7 Å². The van der Waals surface area contributed by atoms with Gasteiger partial charge in [0.2, 0.25) is 5.43 Å². The van der Waals surface area contributed by atoms with Gasteiger partial charge in [0.25, 0.3) is 5.91 Å². The smallest absolute Gasteiger partial charge is 0.328 e. The first-order valence-corrected chi connectivity index (χ1v) is 11.4. The lowest BCUT2D eigenvalue weighted by molar-refractivity contribution is -0.145. The van der Waals surface area contributed by atoms with Gasteiger partial charge in [-0.1, -0.05) is 24.3 Å². The van der Waals surface area contributed by atoms with Gasteiger partial charge in [0.05, 0.1) is 18.1 Å². The van der Waals surface area contributed by atoms with E-state index < -0.39 is 30.3 Å². The number of rotatable bonds is 8. The highest BCUT2D eigenvalue weighted by Crippen LogP contribution is 2.26. The number of nitrogens with one attached hydrogen (secondary N) is 1. The van der Waals surface area contributed by atoms with Gasteiger partial charge in [0.15, 0.2) is 6.61 Å². The minimum Gasteiger partial charge on any atom is -0.508 e. The van der Waals surface area contributed by atoms with Crippen LogP contribution in [0, 0.1) is 12.7 Å². The van der Waals surface area contributed by atoms with Crippen molar-refractivity contribution in [2.75, 3.05) is 13.7 Å². The Bertz CT molecular complexity index is 1490. The van der Waals surface area contributed by atoms with E-state index >= 15 is 0 Å². The number of carbonyl (C=O) groups is 2. The fourth-order valence-corrected chi connectivity index (χ4v) is 3.91. The lowest BCUT2D eigenvalue weighted by Crippen LogP contribution is -2.44. The summed E-state index contributed by atoms with van der Waals surface area (Å²) in [5, 5.41) is 12.3. The average molecular weight is 505 g/mol. The number of esters is 1. The monoisotopic (exact) mass is 505 g/mol. The van der Waals surface area contributed by atoms with Gasteiger partial charge in [0, 0.05) is 12.5 Å². The zero-order valence-corrected chi connectivity index (χ0v) is 20.1. The van der Waals surface area contributed by atoms with Crippen LogP contribution in [-0.4, -0.2) is 36.7 Å². The third-order valence-corrected chi connectivity index (χ3v) is 5.74. The zero-order valence-electron chi connectivity index (χ0n) is 20.1. The average Bonchev–Trinajstić information content (AvgIpc) is 2.88. The van der Waals surface area contributed by atoms with Crippen LogP contribution in [0.25, 0.3) is 22.1 Å². The van der Waals surface area contributed by atoms with Crippen LogP contribution < -0.4 is 15.5 Å². The number of amides is 1. The van der Waals surface area contributed by atoms with Crippen LogP contribution >= 0.6 is 0 Å². The van der Waals surface area contributed by atoms with Crippen molar-refractivity contribution in [3.05, 3.63) is 94.1 Å². The molecule has 0 saturated carbocycles. The summed E-state index contributed by atoms with van der Waals surface area (Å²) in [6.45, 7) is 1.24. The van der Waals surface area contributed by atoms with E-state index in [4.69, 9.17) is 13.9 Å². The lowest BCUT2D eigenvalue weighted by atomic mass is 10.0. The third-order valence-electron chi connectivity index (χ3n) is 5.74. The molecule has 1 heterocycles. The molecule has 190 valence electrons. The molecular formula is C28H24FNO7. The Morgan fingerprint density at radius 2 is 1.76 bits per heavy atom. The first kappa shape index (κ1) is 25.4. The summed E-state index contributed by atoms with van der Waals surface area (Å²) in [5.74, 6) is -0.860. The molecule has 8 nitrogen and oxygen atoms in total. The molecule has 0 aliphatic carbocycles. The van der Waals surface area contributed by atoms with Crippen molar-refractivity contribution in [2.24, 2.45) is 0 Å². The van der Waals surface area contributed by atoms with Crippen molar-refractivity contribution in [2.45, 2.75) is 19.4 Å². The Balaban J connectivity index is 1.47. The van der Waals surface area contributed by atoms with Crippen LogP contribution in [0.1, 0.15) is 11.3 Å². The first-order chi connectivity index (χ1) is 17.7. The molecule has 4 rings (SSSR count). The lowest BCUT2D eigenvalue weighted by Gasteiger charge is -2.17. The molecule has 0 bridgehead atoms. The van der Waals surface area contributed by atoms with Gasteiger partial charge in [-0.2, -0.15) is 0 Å². The minimum atomic E-state index is -0.951. The van der Waals surface area contributed by atoms with Gasteiger partial charge in [-0.3, -0.25) is 9.59 Å². The number of benzene rings is 3. The van der Waals surface area contributed by atoms with Crippen molar-refractivity contribution in [1.29, 1.82) is 0 Å². The number of hydrogen-bond donors (Lipinski definition) is 2. The molecule has 0 saturated heterocycles. The maximum atomic E-state index is 13.3. The number of aryl methyl sites for hydroxylation is 1. The fourth-order valence-electron chi connectivity index (χ4n) is 3.91. The number of ether oxygens (including phenoxy) is 2. The number of carbonyl (C=O) groups excluding carboxylic acids is 2. The van der Waals surface area contributed by atoms with E-state index in [-0.39, 0.29) is 28.9 Å². The molecule has 0 unspecified atom stereocenters. The van der Waals surface area contributed by atoms with Crippen molar-refractivity contribution in [1.82, 2.24) is 5.32 Å². The third kappa shape index (κ3) is 5.95. The summed E-state index contributed by atoms with van der Waals surface area (Å²) in [6.07, 6.45) is 0.162. The van der Waals surface area contributed by atoms with Crippen molar-refractivity contribution in [3.8, 4) is 22.6 Å². The van der Waals surface area contributed by atoms with Crippen LogP contribution in [0.15, 0.2) is 75.9 Å². The van der Waals surface area contributed by atoms with Gasteiger partial charge < -0.3 is 24.3 Å². The van der Waals surface area contributed by atoms with E-state index in [0.717, 1.165) is 0 Å². The molecule has 0 spiro atoms. The highest BCUT2D eigenvalue weighted by atomic mass is 19.1. The van der Waals surface area contributed by atoms with Gasteiger partial charge in [-0.15, -0.1) is 0 Å². The van der Waals surface area contributed by atoms with Gasteiger partial charge in [-0.25, -0.2) is 9.18 Å². The first-order valence-electron chi connectivity index (χ1n) is 11.4. The van der Waals surface area contributed by atoms with Crippen LogP contribution in [0.2, 0.25) is 0 Å². The number of aromatic hydroxyl groups is 1. The summed E-state index contributed by atoms with van der Waals surface area (Å²) in [5.41, 5.74) is 1.59. The van der Waals surface area contributed by atoms with Crippen LogP contribution in [0.3, 0.4) is 0 Å². The zero-order chi connectivity index (χ0) is 26.5. The van der Waals surface area contributed by atoms with E-state index in [9.17, 15) is 23.9 Å². The summed E-state index contributed by atoms with van der Waals surface area (Å²) in [4.78, 5) is 37.7. The molecule has 37 heavy (non-hydrogen) atoms. The highest BCUT2D eigenvalue weighted by Gasteiger charge is 2.22. The quantitative estimate of drug-likeness (QED) is 0.349. The second-order valence-corrected chi connectivity index (χ2v) is 8.33. The molecule has 9 heteroatoms. The van der Waals surface area contributed by atoms with Crippen LogP contribution in [-0.2, 0) is 20.7 Å². The standard InChI is InChI=1S/C28H24FNO7/c1-16-26(18-5-7-19(29)8-6-18)27(33)22-12-11-21(14-24(22)37-16)36-15-25(32)30-23(28(34)35-2)13-17-3-9-20(31)10-4-17/h3-12,14,23,31H,13,15H2,1-2H3,(H,30,32)/t23-/m1/s1. The van der Waals surface area contributed by atoms with E-state index in [2.05, 4.69) is 5.32 Å². The second kappa shape index (κ2) is 10.9. The molecular weight excluding hydrogens is 481 g/mol. The topological polar surface area (TPSA) is 115 Å². The maximum Gasteiger partial charge on any atom is 0.328 e. The molecule has 0 fully saturated rings. The molecule has 1 atom stereocenters. The summed E-state index contributed by atoms with van der Waals surface area (Å²) in [6, 6.07) is 15.4. The Morgan fingerprint density at radius 3 is 2.43 bits per heavy atom. The van der Waals surface area contributed by atoms with Crippen molar-refractivity contribution in [3.63, 3.8) is 0 Å². The number of phenolic OH excluding ortho intramolecular Hbond substituents is 1. The Hall–Kier alpha value is -4.66. The summed E-state index contributed by atoms with van der Waals surface area (Å²) < 4.78 is 29.5. The van der Waals surface area contributed by atoms with E-state index in [1.807, 2.05) is 0 Å². The largest absolute Gasteiger partial charge is 0.508 e. The van der Waals surface area contributed by atoms with E-state index in [0.29, 0.717) is 27.8 Å². The Labute approximate surface area is 211 Å². The molecule has 3 aromatic carbocycles. The molecule has 0 aliphatic heterocycles. The maximum absolute atomic E-state index is 13.3. The normalized spacial score (nSPS) is 11.6. The molecule has 2 N–H and O–H groups in total. The second-order valence-electron chi connectivity index (χ2n) is 8.33. The summed E-state index contributed by atoms with van der Waals surface area (Å²) >= 11 is 0. The number of phenols is 1. The predicted octanol–water partition coefficient (Wildman–Crippen LogP) is 3.89. The van der Waals surface area contributed by atoms with Crippen LogP contribution in [0.5, 0.6) is 11.5 Å². The Kier molecular flexibility index (Phi) is 7.52. The SMILES string of the molecule is COC(=O)[C@@H](Cc1ccc(O)cc1)NC(=O)COc1ccc2c(=O)c(-c3ccc(F)cc3)c(C)oc2c1. The highest BCUT2D eigenvalue weighted by molar-refractivity contribution is 5.86. The predicted molar refractivity (Wildman–Crippen MR) is 134 cm³/mol. The molecule has 1 aromatic heterocycles.